The fourth-order valence-electron chi connectivity index (χ4n) is 3.99. The van der Waals surface area contributed by atoms with Crippen LogP contribution in [0.3, 0.4) is 0 Å². The highest BCUT2D eigenvalue weighted by molar-refractivity contribution is 6.07. The molecule has 2 saturated heterocycles. The van der Waals surface area contributed by atoms with E-state index in [4.69, 9.17) is 0 Å². The first kappa shape index (κ1) is 13.9. The maximum absolute atomic E-state index is 12.6. The third-order valence-corrected chi connectivity index (χ3v) is 5.05. The summed E-state index contributed by atoms with van der Waals surface area (Å²) < 4.78 is 0. The number of hydrogen-bond donors (Lipinski definition) is 1. The molecule has 1 spiro atoms. The van der Waals surface area contributed by atoms with Crippen LogP contribution in [0.1, 0.15) is 46.0 Å². The molecule has 0 aromatic rings. The van der Waals surface area contributed by atoms with E-state index in [1.54, 1.807) is 0 Å². The molecular weight excluding hydrogens is 254 g/mol. The molecule has 2 heterocycles. The van der Waals surface area contributed by atoms with Crippen molar-refractivity contribution in [3.63, 3.8) is 0 Å². The summed E-state index contributed by atoms with van der Waals surface area (Å²) in [4.78, 5) is 28.4. The van der Waals surface area contributed by atoms with E-state index in [1.165, 1.54) is 30.6 Å². The first-order valence-electron chi connectivity index (χ1n) is 7.90. The number of rotatable bonds is 3. The molecule has 5 heteroatoms. The van der Waals surface area contributed by atoms with Gasteiger partial charge in [0.1, 0.15) is 5.54 Å². The highest BCUT2D eigenvalue weighted by atomic mass is 16.2. The van der Waals surface area contributed by atoms with E-state index in [0.717, 1.165) is 25.4 Å². The second-order valence-electron chi connectivity index (χ2n) is 6.92. The second-order valence-corrected chi connectivity index (χ2v) is 6.92. The number of likely N-dealkylation sites (tertiary alicyclic amines) is 1. The lowest BCUT2D eigenvalue weighted by atomic mass is 9.98. The third kappa shape index (κ3) is 2.22. The molecule has 3 amide bonds. The average Bonchev–Trinajstić information content (AvgIpc) is 3.04. The molecule has 1 aliphatic carbocycles. The molecule has 1 N–H and O–H groups in total. The molecule has 1 unspecified atom stereocenters. The minimum Gasteiger partial charge on any atom is -0.322 e. The zero-order valence-electron chi connectivity index (χ0n) is 12.5. The lowest BCUT2D eigenvalue weighted by Crippen LogP contribution is -2.50. The van der Waals surface area contributed by atoms with Crippen molar-refractivity contribution in [3.8, 4) is 0 Å². The first-order chi connectivity index (χ1) is 9.52. The van der Waals surface area contributed by atoms with Gasteiger partial charge in [-0.3, -0.25) is 9.69 Å². The molecule has 112 valence electrons. The molecule has 0 bridgehead atoms. The summed E-state index contributed by atoms with van der Waals surface area (Å²) in [6, 6.07) is -0.279. The fourth-order valence-corrected chi connectivity index (χ4v) is 3.99. The highest BCUT2D eigenvalue weighted by Gasteiger charge is 2.55. The molecule has 2 aliphatic heterocycles. The van der Waals surface area contributed by atoms with Crippen molar-refractivity contribution in [2.45, 2.75) is 57.5 Å². The van der Waals surface area contributed by atoms with Crippen LogP contribution in [0.5, 0.6) is 0 Å². The largest absolute Gasteiger partial charge is 0.325 e. The van der Waals surface area contributed by atoms with Gasteiger partial charge in [0.15, 0.2) is 0 Å². The molecule has 3 fully saturated rings. The Hall–Kier alpha value is -1.10. The van der Waals surface area contributed by atoms with Crippen LogP contribution < -0.4 is 5.32 Å². The van der Waals surface area contributed by atoms with Gasteiger partial charge in [-0.1, -0.05) is 12.8 Å². The predicted octanol–water partition coefficient (Wildman–Crippen LogP) is 1.58. The van der Waals surface area contributed by atoms with Crippen LogP contribution in [0.25, 0.3) is 0 Å². The molecule has 0 aromatic heterocycles. The summed E-state index contributed by atoms with van der Waals surface area (Å²) in [7, 11) is 0. The molecular formula is C15H25N3O2. The minimum absolute atomic E-state index is 0.0218. The average molecular weight is 279 g/mol. The number of nitrogens with zero attached hydrogens (tertiary/aromatic N) is 2. The Morgan fingerprint density at radius 3 is 2.60 bits per heavy atom. The van der Waals surface area contributed by atoms with E-state index in [0.29, 0.717) is 6.54 Å². The summed E-state index contributed by atoms with van der Waals surface area (Å²) in [5.41, 5.74) is -0.639. The number of amides is 3. The summed E-state index contributed by atoms with van der Waals surface area (Å²) in [5, 5.41) is 2.96. The number of hydrogen-bond acceptors (Lipinski definition) is 3. The molecule has 1 atom stereocenters. The molecule has 1 saturated carbocycles. The Morgan fingerprint density at radius 1 is 1.30 bits per heavy atom. The number of carbonyl (C=O) groups is 2. The standard InChI is InChI=1S/C15H25N3O2/c1-11(2)18-13(19)15(16-14(18)20)7-8-17(10-15)9-12-5-3-4-6-12/h11-12H,3-10H2,1-2H3,(H,16,20). The van der Waals surface area contributed by atoms with Crippen molar-refractivity contribution >= 4 is 11.9 Å². The smallest absolute Gasteiger partial charge is 0.322 e. The number of carbonyl (C=O) groups excluding carboxylic acids is 2. The highest BCUT2D eigenvalue weighted by Crippen LogP contribution is 2.32. The van der Waals surface area contributed by atoms with Crippen LogP contribution in [0.15, 0.2) is 0 Å². The SMILES string of the molecule is CC(C)N1C(=O)NC2(CCN(CC3CCCC3)C2)C1=O. The van der Waals surface area contributed by atoms with Crippen LogP contribution in [0, 0.1) is 5.92 Å². The lowest BCUT2D eigenvalue weighted by molar-refractivity contribution is -0.132. The zero-order valence-corrected chi connectivity index (χ0v) is 12.5. The van der Waals surface area contributed by atoms with Crippen molar-refractivity contribution in [2.24, 2.45) is 5.92 Å². The van der Waals surface area contributed by atoms with Crippen LogP contribution >= 0.6 is 0 Å². The Bertz CT molecular complexity index is 417. The predicted molar refractivity (Wildman–Crippen MR) is 76.3 cm³/mol. The van der Waals surface area contributed by atoms with Crippen LogP contribution in [0.4, 0.5) is 4.79 Å². The van der Waals surface area contributed by atoms with Crippen LogP contribution in [-0.2, 0) is 4.79 Å². The van der Waals surface area contributed by atoms with Gasteiger partial charge in [0.05, 0.1) is 0 Å². The van der Waals surface area contributed by atoms with Crippen molar-refractivity contribution in [3.05, 3.63) is 0 Å². The van der Waals surface area contributed by atoms with Gasteiger partial charge in [-0.25, -0.2) is 4.79 Å². The van der Waals surface area contributed by atoms with Crippen LogP contribution in [-0.4, -0.2) is 53.0 Å². The lowest BCUT2D eigenvalue weighted by Gasteiger charge is -2.24. The van der Waals surface area contributed by atoms with Gasteiger partial charge in [-0.15, -0.1) is 0 Å². The fraction of sp³-hybridized carbons (Fsp3) is 0.867. The Balaban J connectivity index is 1.66. The molecule has 0 aromatic carbocycles. The minimum atomic E-state index is -0.639. The van der Waals surface area contributed by atoms with Gasteiger partial charge in [0.25, 0.3) is 5.91 Å². The zero-order chi connectivity index (χ0) is 14.3. The maximum atomic E-state index is 12.6. The van der Waals surface area contributed by atoms with Gasteiger partial charge in [0, 0.05) is 25.7 Å². The van der Waals surface area contributed by atoms with Gasteiger partial charge in [-0.05, 0) is 39.0 Å². The normalized spacial score (nSPS) is 32.0. The number of urea groups is 1. The van der Waals surface area contributed by atoms with Gasteiger partial charge < -0.3 is 10.2 Å². The summed E-state index contributed by atoms with van der Waals surface area (Å²) in [6.45, 7) is 6.49. The van der Waals surface area contributed by atoms with Crippen LogP contribution in [0.2, 0.25) is 0 Å². The van der Waals surface area contributed by atoms with Crippen molar-refractivity contribution in [2.75, 3.05) is 19.6 Å². The second kappa shape index (κ2) is 5.02. The molecule has 3 aliphatic rings. The van der Waals surface area contributed by atoms with E-state index in [1.807, 2.05) is 13.8 Å². The summed E-state index contributed by atoms with van der Waals surface area (Å²) in [6.07, 6.45) is 6.10. The molecule has 20 heavy (non-hydrogen) atoms. The van der Waals surface area contributed by atoms with Crippen molar-refractivity contribution in [1.82, 2.24) is 15.1 Å². The van der Waals surface area contributed by atoms with E-state index in [9.17, 15) is 9.59 Å². The summed E-state index contributed by atoms with van der Waals surface area (Å²) in [5.74, 6) is 0.769. The van der Waals surface area contributed by atoms with E-state index in [-0.39, 0.29) is 18.0 Å². The van der Waals surface area contributed by atoms with Gasteiger partial charge in [-0.2, -0.15) is 0 Å². The topological polar surface area (TPSA) is 52.7 Å². The quantitative estimate of drug-likeness (QED) is 0.798. The molecule has 5 nitrogen and oxygen atoms in total. The molecule has 0 radical (unpaired) electrons. The first-order valence-corrected chi connectivity index (χ1v) is 7.90. The van der Waals surface area contributed by atoms with Crippen molar-refractivity contribution in [1.29, 1.82) is 0 Å². The monoisotopic (exact) mass is 279 g/mol. The maximum Gasteiger partial charge on any atom is 0.325 e. The van der Waals surface area contributed by atoms with Gasteiger partial charge in [0.2, 0.25) is 0 Å². The third-order valence-electron chi connectivity index (χ3n) is 5.05. The molecule has 3 rings (SSSR count). The number of nitrogens with one attached hydrogen (secondary N) is 1. The number of imide groups is 1. The Labute approximate surface area is 120 Å². The van der Waals surface area contributed by atoms with E-state index < -0.39 is 5.54 Å². The van der Waals surface area contributed by atoms with Gasteiger partial charge >= 0.3 is 6.03 Å². The summed E-state index contributed by atoms with van der Waals surface area (Å²) >= 11 is 0. The van der Waals surface area contributed by atoms with E-state index in [2.05, 4.69) is 10.2 Å². The van der Waals surface area contributed by atoms with Crippen molar-refractivity contribution < 1.29 is 9.59 Å². The van der Waals surface area contributed by atoms with E-state index >= 15 is 0 Å². The Morgan fingerprint density at radius 2 is 2.00 bits per heavy atom. The Kier molecular flexibility index (Phi) is 3.48.